The Kier molecular flexibility index (Phi) is 3.47. The Balaban J connectivity index is 1.99. The number of hydrogen-bond donors (Lipinski definition) is 1. The summed E-state index contributed by atoms with van der Waals surface area (Å²) in [6.45, 7) is 0.937. The molecule has 1 saturated carbocycles. The predicted molar refractivity (Wildman–Crippen MR) is 72.3 cm³/mol. The van der Waals surface area contributed by atoms with Crippen LogP contribution in [0.4, 0.5) is 24.5 Å². The summed E-state index contributed by atoms with van der Waals surface area (Å²) >= 11 is 0. The lowest BCUT2D eigenvalue weighted by Crippen LogP contribution is -2.39. The van der Waals surface area contributed by atoms with Crippen molar-refractivity contribution in [3.05, 3.63) is 28.1 Å². The van der Waals surface area contributed by atoms with Crippen molar-refractivity contribution in [3.63, 3.8) is 0 Å². The van der Waals surface area contributed by atoms with E-state index < -0.39 is 22.5 Å². The van der Waals surface area contributed by atoms with Gasteiger partial charge in [0.05, 0.1) is 4.92 Å². The molecule has 2 bridgehead atoms. The van der Waals surface area contributed by atoms with Crippen molar-refractivity contribution in [2.24, 2.45) is 17.6 Å². The van der Waals surface area contributed by atoms with Crippen molar-refractivity contribution >= 4 is 11.4 Å². The van der Waals surface area contributed by atoms with E-state index in [1.165, 1.54) is 0 Å². The molecule has 120 valence electrons. The maximum atomic E-state index is 12.8. The number of fused-ring (bicyclic) bond motifs is 2. The normalized spacial score (nSPS) is 28.0. The van der Waals surface area contributed by atoms with Gasteiger partial charge in [0, 0.05) is 19.1 Å². The van der Waals surface area contributed by atoms with Crippen LogP contribution in [-0.2, 0) is 6.18 Å². The van der Waals surface area contributed by atoms with Gasteiger partial charge in [0.25, 0.3) is 0 Å². The maximum Gasteiger partial charge on any atom is 0.433 e. The molecule has 2 heterocycles. The van der Waals surface area contributed by atoms with Crippen LogP contribution in [0.5, 0.6) is 0 Å². The van der Waals surface area contributed by atoms with Crippen molar-refractivity contribution < 1.29 is 18.1 Å². The number of pyridine rings is 1. The summed E-state index contributed by atoms with van der Waals surface area (Å²) in [5.74, 6) is 0.441. The molecule has 1 aromatic rings. The van der Waals surface area contributed by atoms with Crippen molar-refractivity contribution in [2.45, 2.75) is 25.1 Å². The standard InChI is InChI=1S/C13H15F3N4O2/c14-13(15,16)12-3-10(11(4-18-12)20(21)22)19-5-7-1-8(6-19)9(17)2-7/h3-4,7-9H,1-2,5-6,17H2. The Hall–Kier alpha value is -1.90. The van der Waals surface area contributed by atoms with Gasteiger partial charge in [0.2, 0.25) is 0 Å². The largest absolute Gasteiger partial charge is 0.433 e. The van der Waals surface area contributed by atoms with E-state index in [0.717, 1.165) is 18.9 Å². The molecule has 2 N–H and O–H groups in total. The summed E-state index contributed by atoms with van der Waals surface area (Å²) < 4.78 is 38.5. The molecule has 1 aromatic heterocycles. The maximum absolute atomic E-state index is 12.8. The van der Waals surface area contributed by atoms with Crippen molar-refractivity contribution in [1.29, 1.82) is 0 Å². The highest BCUT2D eigenvalue weighted by Crippen LogP contribution is 2.41. The molecule has 9 heteroatoms. The average Bonchev–Trinajstić information content (AvgIpc) is 2.69. The van der Waals surface area contributed by atoms with E-state index in [1.54, 1.807) is 4.90 Å². The number of hydrogen-bond acceptors (Lipinski definition) is 5. The first kappa shape index (κ1) is 15.0. The van der Waals surface area contributed by atoms with E-state index in [1.807, 2.05) is 0 Å². The summed E-state index contributed by atoms with van der Waals surface area (Å²) in [5.41, 5.74) is 4.47. The number of aromatic nitrogens is 1. The Morgan fingerprint density at radius 2 is 2.09 bits per heavy atom. The number of nitrogens with zero attached hydrogens (tertiary/aromatic N) is 3. The highest BCUT2D eigenvalue weighted by molar-refractivity contribution is 5.63. The molecule has 0 spiro atoms. The van der Waals surface area contributed by atoms with Crippen LogP contribution in [0.1, 0.15) is 18.5 Å². The second kappa shape index (κ2) is 5.08. The van der Waals surface area contributed by atoms with Crippen LogP contribution in [-0.4, -0.2) is 29.0 Å². The first-order chi connectivity index (χ1) is 10.3. The number of nitrogens with two attached hydrogens (primary N) is 1. The molecule has 6 nitrogen and oxygen atoms in total. The number of halogens is 3. The lowest BCUT2D eigenvalue weighted by atomic mass is 9.97. The molecule has 0 radical (unpaired) electrons. The van der Waals surface area contributed by atoms with Gasteiger partial charge in [-0.15, -0.1) is 0 Å². The summed E-state index contributed by atoms with van der Waals surface area (Å²) in [4.78, 5) is 15.2. The first-order valence-electron chi connectivity index (χ1n) is 6.98. The average molecular weight is 316 g/mol. The van der Waals surface area contributed by atoms with Gasteiger partial charge in [-0.3, -0.25) is 10.1 Å². The number of piperidine rings is 1. The van der Waals surface area contributed by atoms with Gasteiger partial charge in [-0.05, 0) is 30.7 Å². The van der Waals surface area contributed by atoms with Crippen LogP contribution in [0.25, 0.3) is 0 Å². The quantitative estimate of drug-likeness (QED) is 0.667. The highest BCUT2D eigenvalue weighted by Gasteiger charge is 2.41. The molecule has 3 unspecified atom stereocenters. The summed E-state index contributed by atoms with van der Waals surface area (Å²) in [6, 6.07) is 0.784. The Morgan fingerprint density at radius 1 is 1.36 bits per heavy atom. The van der Waals surface area contributed by atoms with Crippen LogP contribution >= 0.6 is 0 Å². The first-order valence-corrected chi connectivity index (χ1v) is 6.98. The molecule has 1 aliphatic carbocycles. The summed E-state index contributed by atoms with van der Waals surface area (Å²) in [7, 11) is 0. The molecular weight excluding hydrogens is 301 g/mol. The molecular formula is C13H15F3N4O2. The molecule has 0 amide bonds. The van der Waals surface area contributed by atoms with E-state index in [4.69, 9.17) is 5.73 Å². The molecule has 1 aliphatic heterocycles. The molecule has 3 rings (SSSR count). The second-order valence-electron chi connectivity index (χ2n) is 5.98. The lowest BCUT2D eigenvalue weighted by Gasteiger charge is -2.33. The topological polar surface area (TPSA) is 85.3 Å². The zero-order chi connectivity index (χ0) is 16.1. The van der Waals surface area contributed by atoms with Gasteiger partial charge < -0.3 is 10.6 Å². The van der Waals surface area contributed by atoms with Crippen LogP contribution in [0.15, 0.2) is 12.3 Å². The van der Waals surface area contributed by atoms with E-state index in [9.17, 15) is 23.3 Å². The second-order valence-corrected chi connectivity index (χ2v) is 5.98. The Bertz CT molecular complexity index is 605. The fraction of sp³-hybridized carbons (Fsp3) is 0.615. The monoisotopic (exact) mass is 316 g/mol. The molecule has 2 fully saturated rings. The molecule has 0 aromatic carbocycles. The van der Waals surface area contributed by atoms with Gasteiger partial charge in [0.1, 0.15) is 17.6 Å². The fourth-order valence-corrected chi connectivity index (χ4v) is 3.49. The molecule has 22 heavy (non-hydrogen) atoms. The van der Waals surface area contributed by atoms with Crippen molar-refractivity contribution in [1.82, 2.24) is 4.98 Å². The van der Waals surface area contributed by atoms with E-state index in [-0.39, 0.29) is 23.6 Å². The van der Waals surface area contributed by atoms with Gasteiger partial charge >= 0.3 is 11.9 Å². The zero-order valence-electron chi connectivity index (χ0n) is 11.6. The lowest BCUT2D eigenvalue weighted by molar-refractivity contribution is -0.384. The minimum atomic E-state index is -4.63. The third-order valence-corrected chi connectivity index (χ3v) is 4.47. The van der Waals surface area contributed by atoms with E-state index in [2.05, 4.69) is 4.98 Å². The Labute approximate surface area is 124 Å². The summed E-state index contributed by atoms with van der Waals surface area (Å²) in [6.07, 6.45) is -2.20. The number of alkyl halides is 3. The minimum Gasteiger partial charge on any atom is -0.365 e. The van der Waals surface area contributed by atoms with Crippen molar-refractivity contribution in [2.75, 3.05) is 18.0 Å². The summed E-state index contributed by atoms with van der Waals surface area (Å²) in [5, 5.41) is 11.1. The van der Waals surface area contributed by atoms with E-state index in [0.29, 0.717) is 19.3 Å². The van der Waals surface area contributed by atoms with Gasteiger partial charge in [-0.25, -0.2) is 4.98 Å². The molecule has 3 atom stereocenters. The minimum absolute atomic E-state index is 0.0120. The van der Waals surface area contributed by atoms with Crippen LogP contribution < -0.4 is 10.6 Å². The van der Waals surface area contributed by atoms with Gasteiger partial charge in [0.15, 0.2) is 0 Å². The van der Waals surface area contributed by atoms with Crippen LogP contribution in [0.2, 0.25) is 0 Å². The predicted octanol–water partition coefficient (Wildman–Crippen LogP) is 2.18. The SMILES string of the molecule is NC1CC2CC1CN(c1cc(C(F)(F)F)ncc1[N+](=O)[O-])C2. The molecule has 2 aliphatic rings. The zero-order valence-corrected chi connectivity index (χ0v) is 11.6. The van der Waals surface area contributed by atoms with Crippen molar-refractivity contribution in [3.8, 4) is 0 Å². The number of anilines is 1. The third-order valence-electron chi connectivity index (χ3n) is 4.47. The number of rotatable bonds is 2. The van der Waals surface area contributed by atoms with Gasteiger partial charge in [-0.1, -0.05) is 0 Å². The fourth-order valence-electron chi connectivity index (χ4n) is 3.49. The molecule has 1 saturated heterocycles. The smallest absolute Gasteiger partial charge is 0.365 e. The third kappa shape index (κ3) is 2.60. The number of nitro groups is 1. The van der Waals surface area contributed by atoms with Crippen LogP contribution in [0.3, 0.4) is 0 Å². The van der Waals surface area contributed by atoms with Crippen LogP contribution in [0, 0.1) is 22.0 Å². The Morgan fingerprint density at radius 3 is 2.68 bits per heavy atom. The van der Waals surface area contributed by atoms with E-state index >= 15 is 0 Å². The van der Waals surface area contributed by atoms with Gasteiger partial charge in [-0.2, -0.15) is 13.2 Å². The highest BCUT2D eigenvalue weighted by atomic mass is 19.4.